The van der Waals surface area contributed by atoms with Crippen LogP contribution in [0.15, 0.2) is 48.9 Å². The fraction of sp³-hybridized carbons (Fsp3) is 0.217. The van der Waals surface area contributed by atoms with E-state index in [0.29, 0.717) is 30.5 Å². The molecule has 5 rings (SSSR count). The van der Waals surface area contributed by atoms with E-state index in [1.165, 1.54) is 6.92 Å². The van der Waals surface area contributed by atoms with Crippen LogP contribution in [0.1, 0.15) is 6.92 Å². The lowest BCUT2D eigenvalue weighted by Crippen LogP contribution is -2.38. The predicted octanol–water partition coefficient (Wildman–Crippen LogP) is 3.43. The number of aromatic amines is 1. The van der Waals surface area contributed by atoms with Gasteiger partial charge in [-0.3, -0.25) is 14.8 Å². The molecule has 1 aliphatic rings. The summed E-state index contributed by atoms with van der Waals surface area (Å²) in [5.41, 5.74) is 4.78. The maximum Gasteiger partial charge on any atom is 0.222 e. The number of fused-ring (bicyclic) bond motifs is 1. The number of methoxy groups -OCH3 is 1. The molecular weight excluding hydrogens is 410 g/mol. The molecule has 1 amide bonds. The zero-order valence-corrected chi connectivity index (χ0v) is 17.6. The normalized spacial score (nSPS) is 13.6. The van der Waals surface area contributed by atoms with Crippen LogP contribution in [0.2, 0.25) is 0 Å². The highest BCUT2D eigenvalue weighted by Gasteiger charge is 2.22. The number of carbonyl (C=O) groups excluding carboxylic acids is 1. The average molecular weight is 431 g/mol. The second kappa shape index (κ2) is 8.27. The number of rotatable bonds is 6. The minimum atomic E-state index is -0.188. The SMILES string of the molecule is COc1ccc(-c2c(-c3ccnc(NC(C)=O)c3)[nH]c3cc(OC4COC4)cnc23)nc1. The van der Waals surface area contributed by atoms with Crippen molar-refractivity contribution in [2.45, 2.75) is 13.0 Å². The maximum atomic E-state index is 11.5. The van der Waals surface area contributed by atoms with E-state index in [4.69, 9.17) is 14.2 Å². The first kappa shape index (κ1) is 20.0. The first-order valence-electron chi connectivity index (χ1n) is 10.1. The minimum absolute atomic E-state index is 0.0480. The standard InChI is InChI=1S/C23H21N5O4/c1-13(29)27-20-7-14(5-6-24-20)22-21(18-4-3-15(30-2)9-25-18)23-19(28-22)8-16(10-26-23)32-17-11-31-12-17/h3-10,17,28H,11-12H2,1-2H3,(H,24,27,29). The van der Waals surface area contributed by atoms with E-state index in [1.54, 1.807) is 25.7 Å². The molecule has 9 heteroatoms. The molecule has 1 fully saturated rings. The third kappa shape index (κ3) is 3.85. The number of amides is 1. The molecule has 32 heavy (non-hydrogen) atoms. The van der Waals surface area contributed by atoms with E-state index in [2.05, 4.69) is 25.3 Å². The molecule has 0 bridgehead atoms. The molecule has 0 saturated carbocycles. The van der Waals surface area contributed by atoms with Gasteiger partial charge in [0.05, 0.1) is 60.7 Å². The zero-order chi connectivity index (χ0) is 22.1. The Labute approximate surface area is 183 Å². The zero-order valence-electron chi connectivity index (χ0n) is 17.6. The van der Waals surface area contributed by atoms with Crippen LogP contribution in [0.3, 0.4) is 0 Å². The lowest BCUT2D eigenvalue weighted by atomic mass is 10.0. The topological polar surface area (TPSA) is 111 Å². The molecule has 0 unspecified atom stereocenters. The highest BCUT2D eigenvalue weighted by atomic mass is 16.6. The third-order valence-electron chi connectivity index (χ3n) is 5.10. The monoisotopic (exact) mass is 431 g/mol. The molecule has 4 aromatic heterocycles. The summed E-state index contributed by atoms with van der Waals surface area (Å²) in [6.07, 6.45) is 5.07. The fourth-order valence-corrected chi connectivity index (χ4v) is 3.54. The van der Waals surface area contributed by atoms with Crippen LogP contribution in [0.4, 0.5) is 5.82 Å². The quantitative estimate of drug-likeness (QED) is 0.481. The summed E-state index contributed by atoms with van der Waals surface area (Å²) in [5.74, 6) is 1.61. The van der Waals surface area contributed by atoms with Gasteiger partial charge in [-0.25, -0.2) is 4.98 Å². The smallest absolute Gasteiger partial charge is 0.222 e. The van der Waals surface area contributed by atoms with Crippen LogP contribution in [0, 0.1) is 0 Å². The summed E-state index contributed by atoms with van der Waals surface area (Å²) in [7, 11) is 1.60. The van der Waals surface area contributed by atoms with Gasteiger partial charge in [0.25, 0.3) is 0 Å². The maximum absolute atomic E-state index is 11.5. The minimum Gasteiger partial charge on any atom is -0.495 e. The van der Waals surface area contributed by atoms with Crippen molar-refractivity contribution < 1.29 is 19.0 Å². The largest absolute Gasteiger partial charge is 0.495 e. The van der Waals surface area contributed by atoms with Crippen LogP contribution in [-0.2, 0) is 9.53 Å². The summed E-state index contributed by atoms with van der Waals surface area (Å²) < 4.78 is 16.3. The number of carbonyl (C=O) groups is 1. The summed E-state index contributed by atoms with van der Waals surface area (Å²) in [5, 5.41) is 2.72. The van der Waals surface area contributed by atoms with E-state index in [1.807, 2.05) is 30.3 Å². The first-order chi connectivity index (χ1) is 15.6. The molecular formula is C23H21N5O4. The van der Waals surface area contributed by atoms with Crippen molar-refractivity contribution in [3.63, 3.8) is 0 Å². The van der Waals surface area contributed by atoms with Crippen molar-refractivity contribution >= 4 is 22.8 Å². The van der Waals surface area contributed by atoms with Crippen LogP contribution in [0.25, 0.3) is 33.5 Å². The number of ether oxygens (including phenoxy) is 3. The summed E-state index contributed by atoms with van der Waals surface area (Å²) in [4.78, 5) is 28.4. The van der Waals surface area contributed by atoms with Crippen molar-refractivity contribution in [1.29, 1.82) is 0 Å². The molecule has 0 radical (unpaired) electrons. The number of anilines is 1. The van der Waals surface area contributed by atoms with Gasteiger partial charge in [0, 0.05) is 24.8 Å². The van der Waals surface area contributed by atoms with Gasteiger partial charge in [0.15, 0.2) is 0 Å². The molecule has 2 N–H and O–H groups in total. The molecule has 0 aliphatic carbocycles. The molecule has 4 aromatic rings. The van der Waals surface area contributed by atoms with Gasteiger partial charge in [0.1, 0.15) is 23.4 Å². The van der Waals surface area contributed by atoms with Gasteiger partial charge in [-0.15, -0.1) is 0 Å². The lowest BCUT2D eigenvalue weighted by Gasteiger charge is -2.26. The van der Waals surface area contributed by atoms with Crippen molar-refractivity contribution in [3.05, 3.63) is 48.9 Å². The van der Waals surface area contributed by atoms with Gasteiger partial charge in [-0.1, -0.05) is 0 Å². The number of hydrogen-bond donors (Lipinski definition) is 2. The Morgan fingerprint density at radius 3 is 2.66 bits per heavy atom. The van der Waals surface area contributed by atoms with E-state index in [-0.39, 0.29) is 12.0 Å². The molecule has 1 aliphatic heterocycles. The number of nitrogens with zero attached hydrogens (tertiary/aromatic N) is 3. The van der Waals surface area contributed by atoms with Gasteiger partial charge < -0.3 is 24.5 Å². The predicted molar refractivity (Wildman–Crippen MR) is 119 cm³/mol. The van der Waals surface area contributed by atoms with E-state index in [0.717, 1.165) is 33.5 Å². The highest BCUT2D eigenvalue weighted by Crippen LogP contribution is 2.38. The van der Waals surface area contributed by atoms with Crippen LogP contribution < -0.4 is 14.8 Å². The molecule has 0 atom stereocenters. The Morgan fingerprint density at radius 1 is 1.12 bits per heavy atom. The molecule has 1 saturated heterocycles. The molecule has 5 heterocycles. The number of nitrogens with one attached hydrogen (secondary N) is 2. The summed E-state index contributed by atoms with van der Waals surface area (Å²) in [6.45, 7) is 2.61. The van der Waals surface area contributed by atoms with E-state index in [9.17, 15) is 4.79 Å². The van der Waals surface area contributed by atoms with E-state index >= 15 is 0 Å². The second-order valence-corrected chi connectivity index (χ2v) is 7.41. The lowest BCUT2D eigenvalue weighted by molar-refractivity contribution is -0.114. The summed E-state index contributed by atoms with van der Waals surface area (Å²) >= 11 is 0. The van der Waals surface area contributed by atoms with Crippen LogP contribution in [0.5, 0.6) is 11.5 Å². The van der Waals surface area contributed by atoms with Crippen molar-refractivity contribution in [2.24, 2.45) is 0 Å². The van der Waals surface area contributed by atoms with Crippen LogP contribution >= 0.6 is 0 Å². The average Bonchev–Trinajstić information content (AvgIpc) is 3.15. The molecule has 0 spiro atoms. The Kier molecular flexibility index (Phi) is 5.16. The Morgan fingerprint density at radius 2 is 1.97 bits per heavy atom. The fourth-order valence-electron chi connectivity index (χ4n) is 3.54. The summed E-state index contributed by atoms with van der Waals surface area (Å²) in [6, 6.07) is 9.34. The number of H-pyrrole nitrogens is 1. The second-order valence-electron chi connectivity index (χ2n) is 7.41. The van der Waals surface area contributed by atoms with Gasteiger partial charge in [-0.05, 0) is 24.3 Å². The van der Waals surface area contributed by atoms with Gasteiger partial charge >= 0.3 is 0 Å². The van der Waals surface area contributed by atoms with E-state index < -0.39 is 0 Å². The Hall–Kier alpha value is -3.98. The van der Waals surface area contributed by atoms with Crippen molar-refractivity contribution in [2.75, 3.05) is 25.6 Å². The third-order valence-corrected chi connectivity index (χ3v) is 5.10. The molecule has 9 nitrogen and oxygen atoms in total. The Bertz CT molecular complexity index is 1280. The number of pyridine rings is 3. The number of aromatic nitrogens is 4. The first-order valence-corrected chi connectivity index (χ1v) is 10.1. The Balaban J connectivity index is 1.64. The molecule has 0 aromatic carbocycles. The van der Waals surface area contributed by atoms with Crippen molar-refractivity contribution in [1.82, 2.24) is 19.9 Å². The number of hydrogen-bond acceptors (Lipinski definition) is 7. The van der Waals surface area contributed by atoms with Gasteiger partial charge in [-0.2, -0.15) is 0 Å². The van der Waals surface area contributed by atoms with Crippen LogP contribution in [-0.4, -0.2) is 52.3 Å². The van der Waals surface area contributed by atoms with Crippen molar-refractivity contribution in [3.8, 4) is 34.0 Å². The molecule has 162 valence electrons. The van der Waals surface area contributed by atoms with Gasteiger partial charge in [0.2, 0.25) is 5.91 Å². The highest BCUT2D eigenvalue weighted by molar-refractivity contribution is 6.01.